The van der Waals surface area contributed by atoms with E-state index in [0.717, 1.165) is 27.3 Å². The maximum atomic E-state index is 13.9. The van der Waals surface area contributed by atoms with E-state index in [0.29, 0.717) is 11.3 Å². The minimum absolute atomic E-state index is 0.0277. The number of thiazole rings is 1. The second-order valence-electron chi connectivity index (χ2n) is 10.7. The Labute approximate surface area is 237 Å². The molecule has 0 saturated carbocycles. The molecular weight excluding hydrogens is 526 g/mol. The number of aryl methyl sites for hydroxylation is 1. The highest BCUT2D eigenvalue weighted by Gasteiger charge is 2.45. The number of hydrogen-bond acceptors (Lipinski definition) is 6. The first-order valence-corrected chi connectivity index (χ1v) is 14.1. The van der Waals surface area contributed by atoms with Gasteiger partial charge in [0.05, 0.1) is 28.8 Å². The number of aliphatic hydroxyl groups is 1. The smallest absolute Gasteiger partial charge is 0.253 e. The molecule has 40 heavy (non-hydrogen) atoms. The van der Waals surface area contributed by atoms with E-state index in [2.05, 4.69) is 15.1 Å². The molecule has 0 unspecified atom stereocenters. The fraction of sp³-hybridized carbons (Fsp3) is 0.367. The zero-order valence-electron chi connectivity index (χ0n) is 22.6. The molecule has 2 aromatic carbocycles. The summed E-state index contributed by atoms with van der Waals surface area (Å²) in [5.74, 6) is -1.23. The largest absolute Gasteiger partial charge is 0.391 e. The van der Waals surface area contributed by atoms with Gasteiger partial charge in [-0.05, 0) is 35.6 Å². The molecule has 1 saturated heterocycles. The number of nitrogens with one attached hydrogen (secondary N) is 1. The second-order valence-corrected chi connectivity index (χ2v) is 11.5. The third-order valence-electron chi connectivity index (χ3n) is 7.57. The third kappa shape index (κ3) is 5.22. The van der Waals surface area contributed by atoms with E-state index >= 15 is 0 Å². The second kappa shape index (κ2) is 11.2. The van der Waals surface area contributed by atoms with Crippen LogP contribution >= 0.6 is 11.3 Å². The molecule has 0 spiro atoms. The van der Waals surface area contributed by atoms with Crippen molar-refractivity contribution in [3.63, 3.8) is 0 Å². The Kier molecular flexibility index (Phi) is 7.70. The number of aromatic nitrogens is 1. The van der Waals surface area contributed by atoms with Gasteiger partial charge in [-0.3, -0.25) is 14.4 Å². The van der Waals surface area contributed by atoms with Crippen LogP contribution < -0.4 is 5.32 Å². The van der Waals surface area contributed by atoms with Gasteiger partial charge < -0.3 is 20.2 Å². The molecule has 0 bridgehead atoms. The molecule has 9 nitrogen and oxygen atoms in total. The van der Waals surface area contributed by atoms with Crippen LogP contribution in [-0.4, -0.2) is 62.3 Å². The zero-order valence-corrected chi connectivity index (χ0v) is 23.4. The number of amides is 3. The average molecular weight is 558 g/mol. The number of carbonyl (C=O) groups is 3. The maximum Gasteiger partial charge on any atom is 0.253 e. The van der Waals surface area contributed by atoms with Gasteiger partial charge in [0.1, 0.15) is 12.1 Å². The molecule has 0 aliphatic carbocycles. The van der Waals surface area contributed by atoms with Gasteiger partial charge in [0.15, 0.2) is 5.69 Å². The fourth-order valence-corrected chi connectivity index (χ4v) is 6.33. The van der Waals surface area contributed by atoms with Crippen molar-refractivity contribution in [2.24, 2.45) is 5.92 Å². The molecule has 2 aliphatic rings. The standard InChI is InChI=1S/C30H31N5O4S/c1-17(2)26(35-14-21-9-10-22(31-4)11-24(21)29(35)38)30(39)34-15-23(36)12-25(34)28(37)32-13-19-5-7-20(8-6-19)27-18(3)33-16-40-27/h5-11,16-17,23,25-26,36H,12-15H2,1-3H3,(H,32,37)/t23-,25+,26+/m1/s1. The summed E-state index contributed by atoms with van der Waals surface area (Å²) in [7, 11) is 0. The van der Waals surface area contributed by atoms with Crippen molar-refractivity contribution in [1.29, 1.82) is 0 Å². The van der Waals surface area contributed by atoms with Crippen molar-refractivity contribution < 1.29 is 19.5 Å². The first-order valence-electron chi connectivity index (χ1n) is 13.2. The molecule has 3 amide bonds. The topological polar surface area (TPSA) is 107 Å². The van der Waals surface area contributed by atoms with Gasteiger partial charge >= 0.3 is 0 Å². The molecule has 0 radical (unpaired) electrons. The number of β-amino-alcohol motifs (C(OH)–C–C–N with tert-alkyl or cyclic N) is 1. The third-order valence-corrected chi connectivity index (χ3v) is 8.55. The SMILES string of the molecule is [C-]#[N+]c1ccc2c(c1)C(=O)N([C@H](C(=O)N1C[C@H](O)C[C@H]1C(=O)NCc1ccc(-c3scnc3C)cc1)C(C)C)C2. The molecule has 1 fully saturated rings. The van der Waals surface area contributed by atoms with Crippen LogP contribution in [0.5, 0.6) is 0 Å². The monoisotopic (exact) mass is 557 g/mol. The first-order chi connectivity index (χ1) is 19.2. The van der Waals surface area contributed by atoms with Gasteiger partial charge in [-0.15, -0.1) is 11.3 Å². The Balaban J connectivity index is 1.28. The van der Waals surface area contributed by atoms with Crippen LogP contribution in [0.3, 0.4) is 0 Å². The van der Waals surface area contributed by atoms with Gasteiger partial charge in [-0.2, -0.15) is 0 Å². The lowest BCUT2D eigenvalue weighted by atomic mass is 10.0. The van der Waals surface area contributed by atoms with Crippen LogP contribution in [-0.2, 0) is 22.7 Å². The van der Waals surface area contributed by atoms with Crippen LogP contribution in [0.4, 0.5) is 5.69 Å². The summed E-state index contributed by atoms with van der Waals surface area (Å²) < 4.78 is 0. The number of rotatable bonds is 7. The molecule has 1 aromatic heterocycles. The highest BCUT2D eigenvalue weighted by molar-refractivity contribution is 7.13. The summed E-state index contributed by atoms with van der Waals surface area (Å²) in [5, 5.41) is 13.4. The Morgan fingerprint density at radius 1 is 1.23 bits per heavy atom. The molecule has 2 N–H and O–H groups in total. The van der Waals surface area contributed by atoms with Crippen molar-refractivity contribution in [2.45, 2.75) is 58.5 Å². The number of nitrogens with zero attached hydrogens (tertiary/aromatic N) is 4. The van der Waals surface area contributed by atoms with Crippen LogP contribution in [0.2, 0.25) is 0 Å². The van der Waals surface area contributed by atoms with Crippen LogP contribution in [0.15, 0.2) is 48.0 Å². The van der Waals surface area contributed by atoms with E-state index in [1.54, 1.807) is 29.5 Å². The Morgan fingerprint density at radius 3 is 2.62 bits per heavy atom. The predicted molar refractivity (Wildman–Crippen MR) is 151 cm³/mol. The number of fused-ring (bicyclic) bond motifs is 1. The lowest BCUT2D eigenvalue weighted by Crippen LogP contribution is -2.55. The van der Waals surface area contributed by atoms with E-state index in [9.17, 15) is 19.5 Å². The normalized spacial score (nSPS) is 19.1. The quantitative estimate of drug-likeness (QED) is 0.428. The molecule has 206 valence electrons. The first kappa shape index (κ1) is 27.5. The van der Waals surface area contributed by atoms with Crippen LogP contribution in [0, 0.1) is 19.4 Å². The summed E-state index contributed by atoms with van der Waals surface area (Å²) in [5.41, 5.74) is 6.33. The van der Waals surface area contributed by atoms with Crippen molar-refractivity contribution in [2.75, 3.05) is 6.54 Å². The van der Waals surface area contributed by atoms with Gasteiger partial charge in [0, 0.05) is 31.6 Å². The Morgan fingerprint density at radius 2 is 1.98 bits per heavy atom. The summed E-state index contributed by atoms with van der Waals surface area (Å²) in [6.45, 7) is 13.5. The van der Waals surface area contributed by atoms with E-state index in [1.165, 1.54) is 9.80 Å². The zero-order chi connectivity index (χ0) is 28.6. The molecular formula is C30H31N5O4S. The van der Waals surface area contributed by atoms with E-state index in [1.807, 2.05) is 50.5 Å². The molecule has 5 rings (SSSR count). The minimum Gasteiger partial charge on any atom is -0.391 e. The summed E-state index contributed by atoms with van der Waals surface area (Å²) in [6.07, 6.45) is -0.698. The van der Waals surface area contributed by atoms with Crippen molar-refractivity contribution in [3.05, 3.63) is 81.8 Å². The molecule has 3 heterocycles. The van der Waals surface area contributed by atoms with Crippen molar-refractivity contribution >= 4 is 34.7 Å². The number of carbonyl (C=O) groups excluding carboxylic acids is 3. The van der Waals surface area contributed by atoms with Gasteiger partial charge in [-0.25, -0.2) is 9.83 Å². The fourth-order valence-electron chi connectivity index (χ4n) is 5.52. The molecule has 2 aliphatic heterocycles. The van der Waals surface area contributed by atoms with Crippen molar-refractivity contribution in [3.8, 4) is 10.4 Å². The molecule has 3 atom stereocenters. The lowest BCUT2D eigenvalue weighted by molar-refractivity contribution is -0.143. The summed E-state index contributed by atoms with van der Waals surface area (Å²) in [6, 6.07) is 11.2. The highest BCUT2D eigenvalue weighted by atomic mass is 32.1. The van der Waals surface area contributed by atoms with Crippen LogP contribution in [0.25, 0.3) is 15.3 Å². The predicted octanol–water partition coefficient (Wildman–Crippen LogP) is 3.93. The highest BCUT2D eigenvalue weighted by Crippen LogP contribution is 2.32. The molecule has 3 aromatic rings. The number of likely N-dealkylation sites (tertiary alicyclic amines) is 1. The Hall–Kier alpha value is -4.07. The van der Waals surface area contributed by atoms with Gasteiger partial charge in [-0.1, -0.05) is 50.2 Å². The van der Waals surface area contributed by atoms with Crippen molar-refractivity contribution in [1.82, 2.24) is 20.1 Å². The molecule has 10 heteroatoms. The lowest BCUT2D eigenvalue weighted by Gasteiger charge is -2.35. The summed E-state index contributed by atoms with van der Waals surface area (Å²) in [4.78, 5) is 52.2. The number of aliphatic hydroxyl groups excluding tert-OH is 1. The maximum absolute atomic E-state index is 13.9. The van der Waals surface area contributed by atoms with Gasteiger partial charge in [0.25, 0.3) is 5.91 Å². The summed E-state index contributed by atoms with van der Waals surface area (Å²) >= 11 is 1.58. The van der Waals surface area contributed by atoms with E-state index in [-0.39, 0.29) is 49.7 Å². The minimum atomic E-state index is -0.836. The number of benzene rings is 2. The van der Waals surface area contributed by atoms with E-state index in [4.69, 9.17) is 6.57 Å². The van der Waals surface area contributed by atoms with Gasteiger partial charge in [0.2, 0.25) is 11.8 Å². The van der Waals surface area contributed by atoms with E-state index < -0.39 is 18.2 Å². The van der Waals surface area contributed by atoms with Crippen LogP contribution in [0.1, 0.15) is 47.4 Å². The Bertz CT molecular complexity index is 1490. The number of hydrogen-bond donors (Lipinski definition) is 2. The average Bonchev–Trinajstić information content (AvgIpc) is 3.64.